The molecule has 1 aliphatic heterocycles. The molecule has 0 aromatic carbocycles. The van der Waals surface area contributed by atoms with Crippen LogP contribution < -0.4 is 5.32 Å². The zero-order chi connectivity index (χ0) is 11.4. The lowest BCUT2D eigenvalue weighted by molar-refractivity contribution is -0.129. The summed E-state index contributed by atoms with van der Waals surface area (Å²) in [7, 11) is 1.84. The summed E-state index contributed by atoms with van der Waals surface area (Å²) in [5.74, 6) is 0.244. The molecule has 1 unspecified atom stereocenters. The minimum absolute atomic E-state index is 0.0354. The highest BCUT2D eigenvalue weighted by molar-refractivity contribution is 5.83. The molecule has 1 aromatic rings. The van der Waals surface area contributed by atoms with Crippen molar-refractivity contribution in [3.63, 3.8) is 0 Å². The van der Waals surface area contributed by atoms with Gasteiger partial charge < -0.3 is 14.8 Å². The van der Waals surface area contributed by atoms with E-state index in [2.05, 4.69) is 10.3 Å². The largest absolute Gasteiger partial charge is 0.341 e. The molecule has 0 saturated carbocycles. The van der Waals surface area contributed by atoms with E-state index in [-0.39, 0.29) is 11.9 Å². The second kappa shape index (κ2) is 5.12. The molecule has 1 aliphatic rings. The van der Waals surface area contributed by atoms with Crippen LogP contribution in [0, 0.1) is 0 Å². The van der Waals surface area contributed by atoms with Crippen LogP contribution in [0.3, 0.4) is 0 Å². The number of hydrogen-bond acceptors (Lipinski definition) is 3. The Labute approximate surface area is 95.5 Å². The summed E-state index contributed by atoms with van der Waals surface area (Å²) >= 11 is 0. The first kappa shape index (κ1) is 11.1. The lowest BCUT2D eigenvalue weighted by Gasteiger charge is -2.16. The number of rotatable bonds is 5. The minimum Gasteiger partial charge on any atom is -0.341 e. The molecule has 1 fully saturated rings. The molecule has 1 amide bonds. The maximum Gasteiger partial charge on any atom is 0.239 e. The fourth-order valence-corrected chi connectivity index (χ4v) is 2.09. The van der Waals surface area contributed by atoms with Gasteiger partial charge in [0.2, 0.25) is 5.91 Å². The first-order valence-electron chi connectivity index (χ1n) is 5.73. The highest BCUT2D eigenvalue weighted by Gasteiger charge is 2.29. The second-order valence-corrected chi connectivity index (χ2v) is 4.11. The molecule has 2 rings (SSSR count). The van der Waals surface area contributed by atoms with Crippen LogP contribution in [0.4, 0.5) is 0 Å². The Kier molecular flexibility index (Phi) is 3.56. The van der Waals surface area contributed by atoms with E-state index in [1.54, 1.807) is 6.20 Å². The first-order chi connectivity index (χ1) is 7.81. The van der Waals surface area contributed by atoms with Gasteiger partial charge in [-0.15, -0.1) is 0 Å². The van der Waals surface area contributed by atoms with Gasteiger partial charge in [0.1, 0.15) is 0 Å². The zero-order valence-electron chi connectivity index (χ0n) is 9.59. The van der Waals surface area contributed by atoms with Crippen molar-refractivity contribution in [3.8, 4) is 0 Å². The molecule has 1 aromatic heterocycles. The molecule has 88 valence electrons. The first-order valence-corrected chi connectivity index (χ1v) is 5.73. The lowest BCUT2D eigenvalue weighted by Crippen LogP contribution is -2.36. The van der Waals surface area contributed by atoms with Crippen molar-refractivity contribution < 1.29 is 4.79 Å². The summed E-state index contributed by atoms with van der Waals surface area (Å²) in [5, 5.41) is 3.04. The van der Waals surface area contributed by atoms with E-state index in [1.165, 1.54) is 0 Å². The summed E-state index contributed by atoms with van der Waals surface area (Å²) < 4.78 is 2.04. The van der Waals surface area contributed by atoms with Crippen LogP contribution in [0.2, 0.25) is 0 Å². The second-order valence-electron chi connectivity index (χ2n) is 4.11. The average molecular weight is 222 g/mol. The number of likely N-dealkylation sites (tertiary alicyclic amines) is 1. The van der Waals surface area contributed by atoms with Gasteiger partial charge in [-0.2, -0.15) is 0 Å². The monoisotopic (exact) mass is 222 g/mol. The van der Waals surface area contributed by atoms with E-state index in [0.29, 0.717) is 0 Å². The van der Waals surface area contributed by atoms with Crippen molar-refractivity contribution >= 4 is 5.91 Å². The van der Waals surface area contributed by atoms with Gasteiger partial charge in [0.15, 0.2) is 0 Å². The summed E-state index contributed by atoms with van der Waals surface area (Å²) in [4.78, 5) is 17.7. The van der Waals surface area contributed by atoms with Crippen molar-refractivity contribution in [2.24, 2.45) is 0 Å². The van der Waals surface area contributed by atoms with Crippen molar-refractivity contribution in [2.45, 2.75) is 25.4 Å². The van der Waals surface area contributed by atoms with E-state index < -0.39 is 0 Å². The SMILES string of the molecule is CNC1CCN(CCCn2ccnc2)C1=O. The molecule has 0 bridgehead atoms. The average Bonchev–Trinajstić information content (AvgIpc) is 2.90. The maximum absolute atomic E-state index is 11.8. The van der Waals surface area contributed by atoms with E-state index in [1.807, 2.05) is 29.0 Å². The summed E-state index contributed by atoms with van der Waals surface area (Å²) in [6, 6.07) is 0.0354. The zero-order valence-corrected chi connectivity index (χ0v) is 9.59. The summed E-state index contributed by atoms with van der Waals surface area (Å²) in [5.41, 5.74) is 0. The molecule has 0 spiro atoms. The number of aromatic nitrogens is 2. The highest BCUT2D eigenvalue weighted by Crippen LogP contribution is 2.11. The van der Waals surface area contributed by atoms with Crippen LogP contribution in [0.15, 0.2) is 18.7 Å². The molecule has 0 radical (unpaired) electrons. The number of aryl methyl sites for hydroxylation is 1. The number of nitrogens with zero attached hydrogens (tertiary/aromatic N) is 3. The van der Waals surface area contributed by atoms with Gasteiger partial charge in [-0.3, -0.25) is 4.79 Å². The van der Waals surface area contributed by atoms with Crippen LogP contribution >= 0.6 is 0 Å². The van der Waals surface area contributed by atoms with Gasteiger partial charge in [-0.25, -0.2) is 4.98 Å². The number of carbonyl (C=O) groups excluding carboxylic acids is 1. The van der Waals surface area contributed by atoms with E-state index in [0.717, 1.165) is 32.5 Å². The van der Waals surface area contributed by atoms with Gasteiger partial charge in [0.25, 0.3) is 0 Å². The Morgan fingerprint density at radius 1 is 1.56 bits per heavy atom. The smallest absolute Gasteiger partial charge is 0.239 e. The Bertz CT molecular complexity index is 336. The summed E-state index contributed by atoms with van der Waals surface area (Å²) in [6.45, 7) is 2.65. The molecule has 2 heterocycles. The normalized spacial score (nSPS) is 20.7. The number of likely N-dealkylation sites (N-methyl/N-ethyl adjacent to an activating group) is 1. The Morgan fingerprint density at radius 3 is 3.06 bits per heavy atom. The molecule has 5 nitrogen and oxygen atoms in total. The van der Waals surface area contributed by atoms with Gasteiger partial charge >= 0.3 is 0 Å². The van der Waals surface area contributed by atoms with Crippen molar-refractivity contribution in [1.29, 1.82) is 0 Å². The van der Waals surface area contributed by atoms with Gasteiger partial charge in [0, 0.05) is 32.0 Å². The van der Waals surface area contributed by atoms with Crippen LogP contribution in [-0.2, 0) is 11.3 Å². The van der Waals surface area contributed by atoms with Crippen LogP contribution in [-0.4, -0.2) is 46.5 Å². The van der Waals surface area contributed by atoms with Gasteiger partial charge in [-0.1, -0.05) is 0 Å². The molecule has 1 N–H and O–H groups in total. The Morgan fingerprint density at radius 2 is 2.44 bits per heavy atom. The van der Waals surface area contributed by atoms with Crippen LogP contribution in [0.5, 0.6) is 0 Å². The Hall–Kier alpha value is -1.36. The maximum atomic E-state index is 11.8. The Balaban J connectivity index is 1.73. The number of hydrogen-bond donors (Lipinski definition) is 1. The number of carbonyl (C=O) groups is 1. The third-order valence-electron chi connectivity index (χ3n) is 3.05. The molecule has 5 heteroatoms. The quantitative estimate of drug-likeness (QED) is 0.768. The number of amides is 1. The number of imidazole rings is 1. The van der Waals surface area contributed by atoms with E-state index >= 15 is 0 Å². The molecular weight excluding hydrogens is 204 g/mol. The fourth-order valence-electron chi connectivity index (χ4n) is 2.09. The van der Waals surface area contributed by atoms with Crippen molar-refractivity contribution in [1.82, 2.24) is 19.8 Å². The van der Waals surface area contributed by atoms with E-state index in [4.69, 9.17) is 0 Å². The molecule has 1 saturated heterocycles. The van der Waals surface area contributed by atoms with Crippen molar-refractivity contribution in [2.75, 3.05) is 20.1 Å². The molecule has 1 atom stereocenters. The minimum atomic E-state index is 0.0354. The molecule has 16 heavy (non-hydrogen) atoms. The predicted molar refractivity (Wildman–Crippen MR) is 60.9 cm³/mol. The van der Waals surface area contributed by atoms with Gasteiger partial charge in [0.05, 0.1) is 12.4 Å². The third kappa shape index (κ3) is 2.41. The summed E-state index contributed by atoms with van der Waals surface area (Å²) in [6.07, 6.45) is 7.45. The van der Waals surface area contributed by atoms with Crippen LogP contribution in [0.25, 0.3) is 0 Å². The van der Waals surface area contributed by atoms with E-state index in [9.17, 15) is 4.79 Å². The predicted octanol–water partition coefficient (Wildman–Crippen LogP) is 0.0935. The number of nitrogens with one attached hydrogen (secondary N) is 1. The van der Waals surface area contributed by atoms with Crippen LogP contribution in [0.1, 0.15) is 12.8 Å². The fraction of sp³-hybridized carbons (Fsp3) is 0.636. The van der Waals surface area contributed by atoms with Crippen molar-refractivity contribution in [3.05, 3.63) is 18.7 Å². The topological polar surface area (TPSA) is 50.2 Å². The highest BCUT2D eigenvalue weighted by atomic mass is 16.2. The third-order valence-corrected chi connectivity index (χ3v) is 3.05. The molecular formula is C11H18N4O. The lowest BCUT2D eigenvalue weighted by atomic mass is 10.3. The molecule has 0 aliphatic carbocycles. The standard InChI is InChI=1S/C11H18N4O/c1-12-10-3-7-15(11(10)16)6-2-5-14-8-4-13-9-14/h4,8-10,12H,2-3,5-7H2,1H3. The van der Waals surface area contributed by atoms with Gasteiger partial charge in [-0.05, 0) is 19.9 Å².